The van der Waals surface area contributed by atoms with Gasteiger partial charge in [0.25, 0.3) is 11.1 Å². The van der Waals surface area contributed by atoms with E-state index in [4.69, 9.17) is 25.3 Å². The Kier molecular flexibility index (Phi) is 37.1. The number of halogens is 2. The molecule has 2 saturated carbocycles. The molecule has 0 spiro atoms. The van der Waals surface area contributed by atoms with Gasteiger partial charge in [0.15, 0.2) is 11.6 Å². The number of nitrogens with zero attached hydrogens (tertiary/aromatic N) is 6. The van der Waals surface area contributed by atoms with Crippen LogP contribution in [-0.4, -0.2) is 138 Å². The van der Waals surface area contributed by atoms with Crippen LogP contribution >= 0.6 is 0 Å². The first kappa shape index (κ1) is 78.1. The van der Waals surface area contributed by atoms with E-state index < -0.39 is 34.1 Å². The second kappa shape index (κ2) is 41.4. The zero-order chi connectivity index (χ0) is 63.8. The third kappa shape index (κ3) is 32.4. The Morgan fingerprint density at radius 1 is 0.667 bits per heavy atom. The molecule has 4 heterocycles. The number of anilines is 2. The van der Waals surface area contributed by atoms with E-state index >= 15 is 0 Å². The molecule has 4 aliphatic rings. The molecule has 0 amide bonds. The monoisotopic (exact) mass is 1260 g/mol. The van der Waals surface area contributed by atoms with Gasteiger partial charge in [-0.25, -0.2) is 38.1 Å². The Morgan fingerprint density at radius 2 is 1.06 bits per heavy atom. The molecule has 2 aliphatic heterocycles. The molecule has 477 valence electrons. The first-order valence-corrected chi connectivity index (χ1v) is 37.3. The number of hydrogen-bond acceptors (Lipinski definition) is 18. The predicted molar refractivity (Wildman–Crippen MR) is 337 cm³/mol. The van der Waals surface area contributed by atoms with Crippen molar-refractivity contribution in [2.45, 2.75) is 187 Å². The fraction of sp³-hybridized carbons (Fsp3) is 0.607. The zero-order valence-electron chi connectivity index (χ0n) is 53.5. The van der Waals surface area contributed by atoms with Gasteiger partial charge in [-0.05, 0) is 125 Å². The number of nitrogens with one attached hydrogen (secondary N) is 1. The molecule has 2 aliphatic carbocycles. The van der Waals surface area contributed by atoms with Gasteiger partial charge < -0.3 is 52.9 Å². The number of hydrogen-bond donors (Lipinski definition) is 3. The number of aliphatic hydroxyl groups excluding tert-OH is 1. The van der Waals surface area contributed by atoms with Crippen LogP contribution in [-0.2, 0) is 69.4 Å². The van der Waals surface area contributed by atoms with Crippen LogP contribution in [0.2, 0.25) is 51.4 Å². The number of aldehydes is 1. The van der Waals surface area contributed by atoms with E-state index in [9.17, 15) is 37.5 Å². The average molecular weight is 1260 g/mol. The molecule has 0 unspecified atom stereocenters. The van der Waals surface area contributed by atoms with Crippen LogP contribution in [0.3, 0.4) is 0 Å². The van der Waals surface area contributed by atoms with Crippen LogP contribution in [0.15, 0.2) is 70.5 Å². The number of aryl methyl sites for hydroxylation is 2. The number of carbonyl (C=O) groups is 4. The van der Waals surface area contributed by atoms with Crippen LogP contribution in [0.4, 0.5) is 20.4 Å². The van der Waals surface area contributed by atoms with Crippen LogP contribution in [0.25, 0.3) is 0 Å². The fourth-order valence-corrected chi connectivity index (χ4v) is 10.5. The van der Waals surface area contributed by atoms with Gasteiger partial charge in [-0.1, -0.05) is 63.5 Å². The van der Waals surface area contributed by atoms with Gasteiger partial charge in [-0.15, -0.1) is 0 Å². The third-order valence-corrected chi connectivity index (χ3v) is 17.4. The van der Waals surface area contributed by atoms with E-state index in [0.29, 0.717) is 68.3 Å². The Hall–Kier alpha value is -4.96. The molecule has 4 atom stereocenters. The van der Waals surface area contributed by atoms with Crippen LogP contribution < -0.4 is 61.5 Å². The minimum absolute atomic E-state index is 0. The molecule has 87 heavy (non-hydrogen) atoms. The van der Waals surface area contributed by atoms with E-state index in [1.54, 1.807) is 27.5 Å². The van der Waals surface area contributed by atoms with Gasteiger partial charge >= 0.3 is 41.5 Å². The van der Waals surface area contributed by atoms with E-state index in [1.165, 1.54) is 43.0 Å². The molecule has 8 rings (SSSR count). The van der Waals surface area contributed by atoms with Crippen LogP contribution in [0, 0.1) is 11.6 Å². The van der Waals surface area contributed by atoms with Crippen molar-refractivity contribution in [2.75, 3.05) is 62.8 Å². The van der Waals surface area contributed by atoms with Gasteiger partial charge in [-0.2, -0.15) is 0 Å². The number of benzene rings is 2. The third-order valence-electron chi connectivity index (χ3n) is 14.0. The molecule has 4 N–H and O–H groups in total. The molecular weight excluding hydrogens is 1160 g/mol. The Balaban J connectivity index is 0.000000427. The summed E-state index contributed by atoms with van der Waals surface area (Å²) in [6, 6.07) is 16.4. The van der Waals surface area contributed by atoms with Gasteiger partial charge in [0.2, 0.25) is 5.97 Å². The summed E-state index contributed by atoms with van der Waals surface area (Å²) in [7, 11) is 3.01. The van der Waals surface area contributed by atoms with Crippen molar-refractivity contribution in [1.29, 1.82) is 0 Å². The smallest absolute Gasteiger partial charge is 0.793 e. The number of ether oxygens (including phenoxy) is 2. The maximum atomic E-state index is 13.2. The number of nitrogens with two attached hydrogens (primary N) is 1. The molecule has 2 aromatic carbocycles. The normalized spacial score (nSPS) is 17.4. The number of aromatic nitrogens is 4. The minimum Gasteiger partial charge on any atom is -0.793 e. The molecule has 3 radical (unpaired) electrons. The van der Waals surface area contributed by atoms with Crippen molar-refractivity contribution >= 4 is 60.0 Å². The SMILES string of the molecule is CC(=O)OOC(C)=O.CO.C[Si](C)(C)CCOCn1cc(CCC=O)nc(N2CCCCC2)c1=O.C[Si](C)(C)CCOCn1cc(CCCN[C@@H]2C[C@H]2c2ccc(F)cc2)nc(N2CCCCC2)c1=O.N[C@@H]1C[C@H]1c1ccc(F)cc1.[B-]OC(C)=O.[Na+]. The van der Waals surface area contributed by atoms with Gasteiger partial charge in [0, 0.05) is 126 Å². The molecule has 4 fully saturated rings. The number of carbonyl (C=O) groups excluding carboxylic acids is 4. The van der Waals surface area contributed by atoms with Gasteiger partial charge in [0.1, 0.15) is 31.4 Å². The van der Waals surface area contributed by atoms with Crippen molar-refractivity contribution in [2.24, 2.45) is 5.73 Å². The van der Waals surface area contributed by atoms with Crippen LogP contribution in [0.5, 0.6) is 0 Å². The van der Waals surface area contributed by atoms with Crippen molar-refractivity contribution < 1.29 is 86.5 Å². The zero-order valence-corrected chi connectivity index (χ0v) is 57.5. The van der Waals surface area contributed by atoms with E-state index in [1.807, 2.05) is 30.5 Å². The maximum Gasteiger partial charge on any atom is 1.00 e. The second-order valence-corrected chi connectivity index (χ2v) is 35.3. The standard InChI is InChI=1S/C27H41FN4O2Si.C18H31N3O3Si.C9H10FN.C4H6O4.C2H3BO2.CH4O.Na/c1-35(2,3)17-16-34-20-32-19-23(30-26(27(32)33)31-14-5-4-6-15-31)8-7-13-29-25-18-24(25)21-9-11-22(28)12-10-21;1-25(2,3)13-12-24-15-21-14-16(8-7-11-22)19-17(18(21)23)20-9-5-4-6-10-20;10-7-3-1-6(2-4-7)8-5-9(8)11;1-3(5)7-8-4(2)6;1-2(4)5-3;1-2;/h9-12,19,24-25,29H,4-8,13-18,20H2,1-3H3;11,14H,4-10,12-13,15H2,1-3H3;1-4,8-9H,5,11H2;1-2H3;1H3;2H,1H3;/q;;;;-1;;+1/t24-,25+;;8-,9+;;;;/m0.0..../s1. The Morgan fingerprint density at radius 3 is 1.41 bits per heavy atom. The molecule has 26 heteroatoms. The van der Waals surface area contributed by atoms with Crippen molar-refractivity contribution in [3.05, 3.63) is 116 Å². The number of aliphatic hydroxyl groups is 1. The fourth-order valence-electron chi connectivity index (χ4n) is 8.99. The summed E-state index contributed by atoms with van der Waals surface area (Å²) in [6.07, 6.45) is 16.2. The first-order valence-electron chi connectivity index (χ1n) is 29.8. The van der Waals surface area contributed by atoms with Crippen molar-refractivity contribution in [3.63, 3.8) is 0 Å². The second-order valence-electron chi connectivity index (χ2n) is 24.0. The summed E-state index contributed by atoms with van der Waals surface area (Å²) in [5.41, 5.74) is 9.61. The summed E-state index contributed by atoms with van der Waals surface area (Å²) < 4.78 is 44.2. The molecule has 2 aromatic heterocycles. The molecule has 0 bridgehead atoms. The predicted octanol–water partition coefficient (Wildman–Crippen LogP) is 5.35. The molecule has 4 aromatic rings. The Labute approximate surface area is 538 Å². The summed E-state index contributed by atoms with van der Waals surface area (Å²) in [5.74, 6) is -0.0452. The largest absolute Gasteiger partial charge is 1.00 e. The number of piperidine rings is 2. The maximum absolute atomic E-state index is 13.2. The summed E-state index contributed by atoms with van der Waals surface area (Å²) in [6.45, 7) is 23.8. The number of rotatable bonds is 22. The first-order chi connectivity index (χ1) is 40.9. The summed E-state index contributed by atoms with van der Waals surface area (Å²) >= 11 is 0. The van der Waals surface area contributed by atoms with E-state index in [-0.39, 0.29) is 59.0 Å². The van der Waals surface area contributed by atoms with Crippen molar-refractivity contribution in [3.8, 4) is 0 Å². The Bertz CT molecular complexity index is 2770. The van der Waals surface area contributed by atoms with Gasteiger partial charge in [0.05, 0.1) is 11.4 Å². The minimum atomic E-state index is -1.17. The van der Waals surface area contributed by atoms with Crippen LogP contribution in [0.1, 0.15) is 119 Å². The quantitative estimate of drug-likeness (QED) is 0.0295. The van der Waals surface area contributed by atoms with Crippen molar-refractivity contribution in [1.82, 2.24) is 24.4 Å². The summed E-state index contributed by atoms with van der Waals surface area (Å²) in [4.78, 5) is 87.1. The molecule has 2 saturated heterocycles. The topological polar surface area (TPSA) is 249 Å². The van der Waals surface area contributed by atoms with Gasteiger partial charge in [-0.3, -0.25) is 23.5 Å². The van der Waals surface area contributed by atoms with E-state index in [0.717, 1.165) is 135 Å². The summed E-state index contributed by atoms with van der Waals surface area (Å²) in [5, 5.41) is 10.6. The molecular formula is C61H95BF2N8NaO12Si2. The molecule has 20 nitrogen and oxygen atoms in total. The average Bonchev–Trinajstić information content (AvgIpc) is 2.35. The van der Waals surface area contributed by atoms with E-state index in [2.05, 4.69) is 81.9 Å².